The fourth-order valence-corrected chi connectivity index (χ4v) is 5.19. The van der Waals surface area contributed by atoms with Crippen LogP contribution >= 0.6 is 0 Å². The third kappa shape index (κ3) is 10.1. The van der Waals surface area contributed by atoms with E-state index in [2.05, 4.69) is 5.32 Å². The first-order valence-corrected chi connectivity index (χ1v) is 15.3. The molecule has 3 saturated heterocycles. The predicted molar refractivity (Wildman–Crippen MR) is 151 cm³/mol. The maximum absolute atomic E-state index is 10.4. The average molecular weight is 711 g/mol. The zero-order chi connectivity index (χ0) is 35.9. The normalized spacial score (nSPS) is 43.4. The van der Waals surface area contributed by atoms with Crippen molar-refractivity contribution in [1.29, 1.82) is 0 Å². The van der Waals surface area contributed by atoms with E-state index in [1.165, 1.54) is 0 Å². The molecule has 0 amide bonds. The van der Waals surface area contributed by atoms with E-state index < -0.39 is 143 Å². The minimum Gasteiger partial charge on any atom is -0.394 e. The molecule has 22 heteroatoms. The molecule has 3 heterocycles. The predicted octanol–water partition coefficient (Wildman–Crippen LogP) is -10.6. The first kappa shape index (κ1) is 41.5. The van der Waals surface area contributed by atoms with E-state index in [9.17, 15) is 71.5 Å². The SMILES string of the molecule is NCCNC[C@H](O)[C@@H](O)[C@H](O)[C@H](O)CO[C@@H]1OC(CO[C@@H]2OC(CO[C@@H]3OC(CO)[C@@H](O)[C@H](O)C3O)[C@@H](O)[C@H](O)C2O)[C@@H](O)[C@H](O)C1O. The molecule has 3 aliphatic heterocycles. The van der Waals surface area contributed by atoms with E-state index in [4.69, 9.17) is 34.2 Å². The summed E-state index contributed by atoms with van der Waals surface area (Å²) in [5, 5.41) is 145. The second-order valence-corrected chi connectivity index (χ2v) is 11.8. The van der Waals surface area contributed by atoms with Crippen molar-refractivity contribution in [2.45, 2.75) is 117 Å². The van der Waals surface area contributed by atoms with Gasteiger partial charge in [0.05, 0.1) is 32.5 Å². The van der Waals surface area contributed by atoms with Gasteiger partial charge in [0, 0.05) is 19.6 Å². The standard InChI is InChI=1S/C26H50N2O20/c27-1-2-28-3-8(30)13(32)14(33)9(31)5-43-24-22(41)19(38)16(35)11(47-24)7-45-26-23(42)20(39)17(36)12(48-26)6-44-25-21(40)18(37)15(34)10(4-29)46-25/h8-26,28-42H,1-7,27H2/t8-,9+,10?,11?,12?,13+,14+,15+,16+,17+,18-,19-,20-,21?,22?,23?,24+,25+,26+/m0/s1. The molecule has 284 valence electrons. The first-order chi connectivity index (χ1) is 22.6. The summed E-state index contributed by atoms with van der Waals surface area (Å²) < 4.78 is 32.2. The summed E-state index contributed by atoms with van der Waals surface area (Å²) in [5.41, 5.74) is 5.32. The zero-order valence-electron chi connectivity index (χ0n) is 25.7. The van der Waals surface area contributed by atoms with E-state index in [0.29, 0.717) is 6.54 Å². The molecule has 3 fully saturated rings. The van der Waals surface area contributed by atoms with Crippen LogP contribution in [0.3, 0.4) is 0 Å². The van der Waals surface area contributed by atoms with Crippen LogP contribution in [0, 0.1) is 0 Å². The summed E-state index contributed by atoms with van der Waals surface area (Å²) in [6, 6.07) is 0. The highest BCUT2D eigenvalue weighted by atomic mass is 16.7. The molecular formula is C26H50N2O20. The van der Waals surface area contributed by atoms with Gasteiger partial charge in [0.25, 0.3) is 0 Å². The molecule has 0 bridgehead atoms. The van der Waals surface area contributed by atoms with Crippen LogP contribution in [0.1, 0.15) is 0 Å². The summed E-state index contributed by atoms with van der Waals surface area (Å²) in [5.74, 6) is 0. The van der Waals surface area contributed by atoms with Gasteiger partial charge in [-0.05, 0) is 0 Å². The molecule has 0 spiro atoms. The van der Waals surface area contributed by atoms with Crippen molar-refractivity contribution < 1.29 is 99.9 Å². The lowest BCUT2D eigenvalue weighted by Crippen LogP contribution is -2.62. The molecule has 0 aromatic heterocycles. The molecule has 6 unspecified atom stereocenters. The first-order valence-electron chi connectivity index (χ1n) is 15.3. The molecule has 17 N–H and O–H groups in total. The number of rotatable bonds is 17. The van der Waals surface area contributed by atoms with Crippen LogP contribution in [-0.4, -0.2) is 234 Å². The van der Waals surface area contributed by atoms with Crippen molar-refractivity contribution in [3.63, 3.8) is 0 Å². The highest BCUT2D eigenvalue weighted by molar-refractivity contribution is 4.93. The van der Waals surface area contributed by atoms with Crippen LogP contribution in [-0.2, 0) is 28.4 Å². The van der Waals surface area contributed by atoms with Gasteiger partial charge < -0.3 is 111 Å². The monoisotopic (exact) mass is 710 g/mol. The molecule has 0 saturated carbocycles. The van der Waals surface area contributed by atoms with Gasteiger partial charge in [0.15, 0.2) is 18.9 Å². The molecule has 22 nitrogen and oxygen atoms in total. The molecule has 0 aliphatic carbocycles. The number of ether oxygens (including phenoxy) is 6. The largest absolute Gasteiger partial charge is 0.394 e. The Morgan fingerprint density at radius 1 is 0.542 bits per heavy atom. The maximum Gasteiger partial charge on any atom is 0.186 e. The molecule has 0 aromatic carbocycles. The van der Waals surface area contributed by atoms with Gasteiger partial charge in [0.2, 0.25) is 0 Å². The minimum absolute atomic E-state index is 0.152. The Morgan fingerprint density at radius 3 is 1.38 bits per heavy atom. The van der Waals surface area contributed by atoms with Crippen molar-refractivity contribution in [3.05, 3.63) is 0 Å². The van der Waals surface area contributed by atoms with Crippen molar-refractivity contribution in [2.75, 3.05) is 46.1 Å². The molecule has 48 heavy (non-hydrogen) atoms. The van der Waals surface area contributed by atoms with Crippen molar-refractivity contribution in [2.24, 2.45) is 5.73 Å². The van der Waals surface area contributed by atoms with Gasteiger partial charge in [-0.25, -0.2) is 0 Å². The lowest BCUT2D eigenvalue weighted by atomic mass is 9.98. The Hall–Kier alpha value is -0.880. The highest BCUT2D eigenvalue weighted by Crippen LogP contribution is 2.28. The van der Waals surface area contributed by atoms with Gasteiger partial charge in [-0.15, -0.1) is 0 Å². The van der Waals surface area contributed by atoms with Crippen LogP contribution in [0.2, 0.25) is 0 Å². The highest BCUT2D eigenvalue weighted by Gasteiger charge is 2.49. The number of hydrogen-bond donors (Lipinski definition) is 16. The summed E-state index contributed by atoms with van der Waals surface area (Å²) in [4.78, 5) is 0. The van der Waals surface area contributed by atoms with Crippen molar-refractivity contribution in [1.82, 2.24) is 5.32 Å². The summed E-state index contributed by atoms with van der Waals surface area (Å²) in [6.45, 7) is -2.43. The lowest BCUT2D eigenvalue weighted by molar-refractivity contribution is -0.343. The summed E-state index contributed by atoms with van der Waals surface area (Å²) >= 11 is 0. The Labute approximate surface area is 274 Å². The average Bonchev–Trinajstić information content (AvgIpc) is 3.07. The third-order valence-electron chi connectivity index (χ3n) is 8.28. The maximum atomic E-state index is 10.4. The van der Waals surface area contributed by atoms with Gasteiger partial charge in [-0.2, -0.15) is 0 Å². The van der Waals surface area contributed by atoms with E-state index in [1.807, 2.05) is 0 Å². The van der Waals surface area contributed by atoms with Crippen LogP contribution in [0.5, 0.6) is 0 Å². The Morgan fingerprint density at radius 2 is 0.938 bits per heavy atom. The van der Waals surface area contributed by atoms with Crippen LogP contribution < -0.4 is 11.1 Å². The van der Waals surface area contributed by atoms with Gasteiger partial charge in [-0.3, -0.25) is 0 Å². The molecule has 0 aromatic rings. The smallest absolute Gasteiger partial charge is 0.186 e. The fourth-order valence-electron chi connectivity index (χ4n) is 5.19. The summed E-state index contributed by atoms with van der Waals surface area (Å²) in [7, 11) is 0. The van der Waals surface area contributed by atoms with Crippen LogP contribution in [0.4, 0.5) is 0 Å². The molecular weight excluding hydrogens is 660 g/mol. The number of nitrogens with two attached hydrogens (primary N) is 1. The second kappa shape index (κ2) is 19.1. The Balaban J connectivity index is 1.55. The van der Waals surface area contributed by atoms with Crippen LogP contribution in [0.15, 0.2) is 0 Å². The summed E-state index contributed by atoms with van der Waals surface area (Å²) in [6.07, 6.45) is -32.7. The molecule has 3 rings (SSSR count). The second-order valence-electron chi connectivity index (χ2n) is 11.8. The van der Waals surface area contributed by atoms with Gasteiger partial charge >= 0.3 is 0 Å². The molecule has 3 aliphatic rings. The minimum atomic E-state index is -1.92. The number of aliphatic hydroxyl groups is 14. The van der Waals surface area contributed by atoms with Crippen molar-refractivity contribution in [3.8, 4) is 0 Å². The Kier molecular flexibility index (Phi) is 16.5. The number of hydrogen-bond acceptors (Lipinski definition) is 22. The molecule has 19 atom stereocenters. The van der Waals surface area contributed by atoms with Gasteiger partial charge in [0.1, 0.15) is 91.6 Å². The van der Waals surface area contributed by atoms with E-state index in [-0.39, 0.29) is 13.1 Å². The third-order valence-corrected chi connectivity index (χ3v) is 8.28. The van der Waals surface area contributed by atoms with Crippen molar-refractivity contribution >= 4 is 0 Å². The number of aliphatic hydroxyl groups excluding tert-OH is 14. The lowest BCUT2D eigenvalue weighted by Gasteiger charge is -2.44. The Bertz CT molecular complexity index is 929. The quantitative estimate of drug-likeness (QED) is 0.0623. The topological polar surface area (TPSA) is 377 Å². The van der Waals surface area contributed by atoms with Gasteiger partial charge in [-0.1, -0.05) is 0 Å². The van der Waals surface area contributed by atoms with Crippen LogP contribution in [0.25, 0.3) is 0 Å². The fraction of sp³-hybridized carbons (Fsp3) is 1.00. The zero-order valence-corrected chi connectivity index (χ0v) is 25.7. The van der Waals surface area contributed by atoms with E-state index >= 15 is 0 Å². The number of nitrogens with one attached hydrogen (secondary N) is 1. The molecule has 0 radical (unpaired) electrons. The van der Waals surface area contributed by atoms with E-state index in [1.54, 1.807) is 0 Å². The van der Waals surface area contributed by atoms with E-state index in [0.717, 1.165) is 0 Å².